The number of carbonyl (C=O) groups is 2. The van der Waals surface area contributed by atoms with Gasteiger partial charge in [-0.3, -0.25) is 4.72 Å². The first kappa shape index (κ1) is 27.6. The molecule has 0 aliphatic carbocycles. The van der Waals surface area contributed by atoms with Gasteiger partial charge < -0.3 is 19.9 Å². The average molecular weight is 527 g/mol. The van der Waals surface area contributed by atoms with Gasteiger partial charge in [0.05, 0.1) is 22.7 Å². The molecular weight excluding hydrogens is 496 g/mol. The molecule has 11 heteroatoms. The zero-order valence-electron chi connectivity index (χ0n) is 21.3. The largest absolute Gasteiger partial charge is 0.478 e. The molecule has 2 aromatic carbocycles. The molecule has 1 amide bonds. The highest BCUT2D eigenvalue weighted by Gasteiger charge is 2.17. The van der Waals surface area contributed by atoms with Crippen LogP contribution in [0, 0.1) is 13.8 Å². The van der Waals surface area contributed by atoms with E-state index in [4.69, 9.17) is 9.47 Å². The lowest BCUT2D eigenvalue weighted by Crippen LogP contribution is -2.34. The van der Waals surface area contributed by atoms with Crippen LogP contribution in [0.25, 0.3) is 11.3 Å². The van der Waals surface area contributed by atoms with E-state index < -0.39 is 28.6 Å². The van der Waals surface area contributed by atoms with Crippen LogP contribution in [0.5, 0.6) is 5.88 Å². The Morgan fingerprint density at radius 1 is 1.03 bits per heavy atom. The molecule has 0 radical (unpaired) electrons. The summed E-state index contributed by atoms with van der Waals surface area (Å²) in [6.45, 7) is 9.51. The Hall–Kier alpha value is -3.99. The van der Waals surface area contributed by atoms with Crippen molar-refractivity contribution >= 4 is 29.0 Å². The molecule has 1 atom stereocenters. The topological polar surface area (TPSA) is 140 Å². The zero-order chi connectivity index (χ0) is 27.2. The summed E-state index contributed by atoms with van der Waals surface area (Å²) >= 11 is 0. The molecule has 0 fully saturated rings. The molecule has 196 valence electrons. The smallest absolute Gasteiger partial charge is 0.407 e. The summed E-state index contributed by atoms with van der Waals surface area (Å²) in [5.74, 6) is -0.880. The highest BCUT2D eigenvalue weighted by atomic mass is 32.2. The van der Waals surface area contributed by atoms with Crippen molar-refractivity contribution in [1.29, 1.82) is 0 Å². The standard InChI is InChI=1S/C26H30N4O6S/c1-16-8-6-9-17(2)22(16)20-15-21(35-13-12-27-25(33)36-26(3,4)5)29-24(28-20)30-37(34)19-11-7-10-18(14-19)23(31)32/h6-11,14-15H,12-13H2,1-5H3,(H,27,33)(H,31,32)(H,28,29,30). The number of aryl methyl sites for hydroxylation is 2. The predicted octanol–water partition coefficient (Wildman–Crippen LogP) is 4.50. The Morgan fingerprint density at radius 2 is 1.70 bits per heavy atom. The fourth-order valence-electron chi connectivity index (χ4n) is 3.40. The number of anilines is 1. The maximum absolute atomic E-state index is 13.0. The first-order valence-electron chi connectivity index (χ1n) is 11.5. The van der Waals surface area contributed by atoms with Crippen LogP contribution < -0.4 is 14.8 Å². The van der Waals surface area contributed by atoms with Crippen LogP contribution in [0.15, 0.2) is 53.4 Å². The molecule has 10 nitrogen and oxygen atoms in total. The number of amides is 1. The van der Waals surface area contributed by atoms with E-state index in [1.54, 1.807) is 32.9 Å². The van der Waals surface area contributed by atoms with Gasteiger partial charge in [-0.15, -0.1) is 0 Å². The first-order chi connectivity index (χ1) is 17.4. The average Bonchev–Trinajstić information content (AvgIpc) is 2.80. The number of alkyl carbamates (subject to hydrolysis) is 1. The fourth-order valence-corrected chi connectivity index (χ4v) is 4.21. The molecule has 0 aliphatic heterocycles. The van der Waals surface area contributed by atoms with E-state index in [1.165, 1.54) is 18.2 Å². The van der Waals surface area contributed by atoms with Crippen LogP contribution in [0.4, 0.5) is 10.7 Å². The Balaban J connectivity index is 1.84. The summed E-state index contributed by atoms with van der Waals surface area (Å²) < 4.78 is 26.7. The number of rotatable bonds is 9. The van der Waals surface area contributed by atoms with Crippen LogP contribution >= 0.6 is 0 Å². The Morgan fingerprint density at radius 3 is 2.35 bits per heavy atom. The number of hydrogen-bond acceptors (Lipinski definition) is 7. The third-order valence-electron chi connectivity index (χ3n) is 4.94. The van der Waals surface area contributed by atoms with E-state index in [9.17, 15) is 18.9 Å². The highest BCUT2D eigenvalue weighted by Crippen LogP contribution is 2.29. The van der Waals surface area contributed by atoms with Crippen molar-refractivity contribution < 1.29 is 28.4 Å². The van der Waals surface area contributed by atoms with Crippen LogP contribution in [-0.4, -0.2) is 50.1 Å². The molecular formula is C26H30N4O6S. The Kier molecular flexibility index (Phi) is 8.82. The first-order valence-corrected chi connectivity index (χ1v) is 12.6. The molecule has 1 aromatic heterocycles. The van der Waals surface area contributed by atoms with Crippen molar-refractivity contribution in [2.45, 2.75) is 45.1 Å². The lowest BCUT2D eigenvalue weighted by Gasteiger charge is -2.19. The number of benzene rings is 2. The van der Waals surface area contributed by atoms with Crippen LogP contribution in [0.3, 0.4) is 0 Å². The number of aromatic carboxylic acids is 1. The van der Waals surface area contributed by atoms with Crippen LogP contribution in [0.1, 0.15) is 42.3 Å². The maximum Gasteiger partial charge on any atom is 0.407 e. The molecule has 3 N–H and O–H groups in total. The van der Waals surface area contributed by atoms with Crippen LogP contribution in [-0.2, 0) is 15.7 Å². The second kappa shape index (κ2) is 11.8. The molecule has 0 saturated carbocycles. The quantitative estimate of drug-likeness (QED) is 0.346. The van der Waals surface area contributed by atoms with Crippen molar-refractivity contribution in [3.8, 4) is 17.1 Å². The predicted molar refractivity (Wildman–Crippen MR) is 140 cm³/mol. The summed E-state index contributed by atoms with van der Waals surface area (Å²) in [6, 6.07) is 13.3. The Labute approximate surface area is 218 Å². The molecule has 1 unspecified atom stereocenters. The third-order valence-corrected chi connectivity index (χ3v) is 5.99. The lowest BCUT2D eigenvalue weighted by molar-refractivity contribution is 0.0519. The lowest BCUT2D eigenvalue weighted by atomic mass is 10.00. The number of aromatic nitrogens is 2. The van der Waals surface area contributed by atoms with Crippen molar-refractivity contribution in [2.24, 2.45) is 0 Å². The number of ether oxygens (including phenoxy) is 2. The summed E-state index contributed by atoms with van der Waals surface area (Å²) in [6.07, 6.45) is -0.559. The van der Waals surface area contributed by atoms with Crippen molar-refractivity contribution in [2.75, 3.05) is 17.9 Å². The van der Waals surface area contributed by atoms with Gasteiger partial charge in [-0.05, 0) is 63.9 Å². The molecule has 0 spiro atoms. The number of nitrogens with one attached hydrogen (secondary N) is 2. The van der Waals surface area contributed by atoms with Gasteiger partial charge in [0.25, 0.3) is 0 Å². The SMILES string of the molecule is Cc1cccc(C)c1-c1cc(OCCNC(=O)OC(C)(C)C)nc(NS(=O)c2cccc(C(=O)O)c2)n1. The third kappa shape index (κ3) is 8.01. The molecule has 37 heavy (non-hydrogen) atoms. The van der Waals surface area contributed by atoms with Gasteiger partial charge in [0.15, 0.2) is 11.0 Å². The van der Waals surface area contributed by atoms with E-state index in [1.807, 2.05) is 32.0 Å². The number of carboxylic acids is 1. The number of hydrogen-bond donors (Lipinski definition) is 3. The minimum atomic E-state index is -1.84. The van der Waals surface area contributed by atoms with E-state index in [0.717, 1.165) is 16.7 Å². The van der Waals surface area contributed by atoms with Gasteiger partial charge in [0.2, 0.25) is 11.8 Å². The molecule has 0 bridgehead atoms. The van der Waals surface area contributed by atoms with Gasteiger partial charge >= 0.3 is 12.1 Å². The van der Waals surface area contributed by atoms with Crippen LogP contribution in [0.2, 0.25) is 0 Å². The van der Waals surface area contributed by atoms with E-state index in [0.29, 0.717) is 5.69 Å². The van der Waals surface area contributed by atoms with E-state index in [2.05, 4.69) is 20.0 Å². The number of carbonyl (C=O) groups excluding carboxylic acids is 1. The molecule has 0 saturated heterocycles. The van der Waals surface area contributed by atoms with Gasteiger partial charge in [-0.25, -0.2) is 18.8 Å². The van der Waals surface area contributed by atoms with Crippen molar-refractivity contribution in [1.82, 2.24) is 15.3 Å². The van der Waals surface area contributed by atoms with Gasteiger partial charge in [-0.2, -0.15) is 4.98 Å². The van der Waals surface area contributed by atoms with E-state index >= 15 is 0 Å². The summed E-state index contributed by atoms with van der Waals surface area (Å²) in [7, 11) is -1.84. The van der Waals surface area contributed by atoms with E-state index in [-0.39, 0.29) is 35.4 Å². The maximum atomic E-state index is 13.0. The monoisotopic (exact) mass is 526 g/mol. The zero-order valence-corrected chi connectivity index (χ0v) is 22.1. The minimum Gasteiger partial charge on any atom is -0.478 e. The molecule has 0 aliphatic rings. The van der Waals surface area contributed by atoms with Gasteiger partial charge in [-0.1, -0.05) is 24.3 Å². The fraction of sp³-hybridized carbons (Fsp3) is 0.308. The Bertz CT molecular complexity index is 1300. The summed E-state index contributed by atoms with van der Waals surface area (Å²) in [4.78, 5) is 32.3. The highest BCUT2D eigenvalue weighted by molar-refractivity contribution is 7.86. The second-order valence-corrected chi connectivity index (χ2v) is 10.4. The molecule has 1 heterocycles. The van der Waals surface area contributed by atoms with Crippen molar-refractivity contribution in [3.05, 3.63) is 65.2 Å². The molecule has 3 rings (SSSR count). The van der Waals surface area contributed by atoms with Gasteiger partial charge in [0.1, 0.15) is 12.2 Å². The number of carboxylic acid groups (broad SMARTS) is 1. The normalized spacial score (nSPS) is 11.9. The summed E-state index contributed by atoms with van der Waals surface area (Å²) in [5.41, 5.74) is 2.80. The molecule has 3 aromatic rings. The van der Waals surface area contributed by atoms with Gasteiger partial charge in [0, 0.05) is 11.6 Å². The second-order valence-electron chi connectivity index (χ2n) is 9.16. The summed E-state index contributed by atoms with van der Waals surface area (Å²) in [5, 5.41) is 11.8. The minimum absolute atomic E-state index is 0.0133. The van der Waals surface area contributed by atoms with Crippen molar-refractivity contribution in [3.63, 3.8) is 0 Å². The number of nitrogens with zero attached hydrogens (tertiary/aromatic N) is 2.